The van der Waals surface area contributed by atoms with Crippen LogP contribution < -0.4 is 5.32 Å². The van der Waals surface area contributed by atoms with Gasteiger partial charge in [0.25, 0.3) is 5.91 Å². The predicted molar refractivity (Wildman–Crippen MR) is 68.7 cm³/mol. The fourth-order valence-corrected chi connectivity index (χ4v) is 2.22. The lowest BCUT2D eigenvalue weighted by molar-refractivity contribution is 0.0125. The van der Waals surface area contributed by atoms with Gasteiger partial charge in [0, 0.05) is 18.8 Å². The Hall–Kier alpha value is -1.17. The van der Waals surface area contributed by atoms with Gasteiger partial charge in [0.1, 0.15) is 5.82 Å². The molecular weight excluding hydrogens is 273 g/mol. The number of carbonyl (C=O) groups excluding carboxylic acids is 1. The lowest BCUT2D eigenvalue weighted by Crippen LogP contribution is -2.54. The highest BCUT2D eigenvalue weighted by atomic mass is 35.5. The SMILES string of the molecule is O=C(NC1(CO)CCOCC1)c1ccc(F)c(Cl)c1. The maximum absolute atomic E-state index is 13.0. The number of hydrogen-bond donors (Lipinski definition) is 2. The average Bonchev–Trinajstić information content (AvgIpc) is 2.43. The molecule has 0 spiro atoms. The molecule has 4 nitrogen and oxygen atoms in total. The number of benzene rings is 1. The Kier molecular flexibility index (Phi) is 4.39. The van der Waals surface area contributed by atoms with E-state index >= 15 is 0 Å². The second kappa shape index (κ2) is 5.86. The van der Waals surface area contributed by atoms with E-state index in [9.17, 15) is 14.3 Å². The summed E-state index contributed by atoms with van der Waals surface area (Å²) in [6, 6.07) is 3.78. The topological polar surface area (TPSA) is 58.6 Å². The van der Waals surface area contributed by atoms with Crippen molar-refractivity contribution in [2.24, 2.45) is 0 Å². The standard InChI is InChI=1S/C13H15ClFNO3/c14-10-7-9(1-2-11(10)15)12(18)16-13(8-17)3-5-19-6-4-13/h1-2,7,17H,3-6,8H2,(H,16,18). The molecule has 2 rings (SSSR count). The van der Waals surface area contributed by atoms with Gasteiger partial charge in [-0.25, -0.2) is 4.39 Å². The summed E-state index contributed by atoms with van der Waals surface area (Å²) in [5.74, 6) is -0.945. The highest BCUT2D eigenvalue weighted by Gasteiger charge is 2.33. The van der Waals surface area contributed by atoms with E-state index in [-0.39, 0.29) is 23.1 Å². The van der Waals surface area contributed by atoms with Crippen LogP contribution in [0.2, 0.25) is 5.02 Å². The Morgan fingerprint density at radius 3 is 2.74 bits per heavy atom. The van der Waals surface area contributed by atoms with Crippen molar-refractivity contribution >= 4 is 17.5 Å². The molecule has 1 aliphatic heterocycles. The molecule has 6 heteroatoms. The summed E-state index contributed by atoms with van der Waals surface area (Å²) in [7, 11) is 0. The Morgan fingerprint density at radius 1 is 1.47 bits per heavy atom. The molecule has 0 unspecified atom stereocenters. The summed E-state index contributed by atoms with van der Waals surface area (Å²) in [4.78, 5) is 12.1. The van der Waals surface area contributed by atoms with Crippen LogP contribution in [-0.2, 0) is 4.74 Å². The summed E-state index contributed by atoms with van der Waals surface area (Å²) >= 11 is 5.64. The average molecular weight is 288 g/mol. The monoisotopic (exact) mass is 287 g/mol. The Labute approximate surface area is 115 Å². The van der Waals surface area contributed by atoms with Gasteiger partial charge in [0.05, 0.1) is 17.2 Å². The summed E-state index contributed by atoms with van der Waals surface area (Å²) in [6.45, 7) is 0.826. The van der Waals surface area contributed by atoms with E-state index in [1.54, 1.807) is 0 Å². The van der Waals surface area contributed by atoms with Gasteiger partial charge in [-0.15, -0.1) is 0 Å². The molecule has 2 N–H and O–H groups in total. The first-order valence-electron chi connectivity index (χ1n) is 6.02. The normalized spacial score (nSPS) is 18.1. The number of carbonyl (C=O) groups is 1. The summed E-state index contributed by atoms with van der Waals surface area (Å²) in [5.41, 5.74) is -0.401. The van der Waals surface area contributed by atoms with Crippen LogP contribution in [0.1, 0.15) is 23.2 Å². The summed E-state index contributed by atoms with van der Waals surface area (Å²) in [6.07, 6.45) is 1.09. The lowest BCUT2D eigenvalue weighted by atomic mass is 9.90. The van der Waals surface area contributed by atoms with Crippen molar-refractivity contribution in [3.63, 3.8) is 0 Å². The van der Waals surface area contributed by atoms with Crippen molar-refractivity contribution < 1.29 is 19.0 Å². The van der Waals surface area contributed by atoms with Gasteiger partial charge >= 0.3 is 0 Å². The fourth-order valence-electron chi connectivity index (χ4n) is 2.04. The molecule has 0 aliphatic carbocycles. The molecule has 0 bridgehead atoms. The van der Waals surface area contributed by atoms with Crippen molar-refractivity contribution in [3.8, 4) is 0 Å². The van der Waals surface area contributed by atoms with Crippen LogP contribution in [-0.4, -0.2) is 36.4 Å². The van der Waals surface area contributed by atoms with Crippen LogP contribution >= 0.6 is 11.6 Å². The number of rotatable bonds is 3. The highest BCUT2D eigenvalue weighted by molar-refractivity contribution is 6.31. The zero-order chi connectivity index (χ0) is 13.9. The number of amides is 1. The maximum Gasteiger partial charge on any atom is 0.251 e. The Bertz CT molecular complexity index is 475. The maximum atomic E-state index is 13.0. The molecule has 1 aliphatic rings. The van der Waals surface area contributed by atoms with Gasteiger partial charge in [-0.2, -0.15) is 0 Å². The minimum absolute atomic E-state index is 0.0994. The molecule has 0 atom stereocenters. The van der Waals surface area contributed by atoms with Crippen molar-refractivity contribution in [3.05, 3.63) is 34.6 Å². The quantitative estimate of drug-likeness (QED) is 0.890. The molecule has 1 fully saturated rings. The molecule has 1 aromatic rings. The molecule has 1 aromatic carbocycles. The molecule has 1 saturated heterocycles. The molecule has 1 amide bonds. The van der Waals surface area contributed by atoms with Crippen LogP contribution in [0.25, 0.3) is 0 Å². The number of aliphatic hydroxyl groups is 1. The molecule has 1 heterocycles. The Morgan fingerprint density at radius 2 is 2.16 bits per heavy atom. The first kappa shape index (κ1) is 14.2. The smallest absolute Gasteiger partial charge is 0.251 e. The first-order chi connectivity index (χ1) is 9.06. The van der Waals surface area contributed by atoms with Gasteiger partial charge in [0.2, 0.25) is 0 Å². The number of halogens is 2. The van der Waals surface area contributed by atoms with E-state index in [1.165, 1.54) is 12.1 Å². The van der Waals surface area contributed by atoms with E-state index in [2.05, 4.69) is 5.32 Å². The van der Waals surface area contributed by atoms with Gasteiger partial charge in [0.15, 0.2) is 0 Å². The van der Waals surface area contributed by atoms with Crippen LogP contribution in [0.3, 0.4) is 0 Å². The fraction of sp³-hybridized carbons (Fsp3) is 0.462. The first-order valence-corrected chi connectivity index (χ1v) is 6.40. The van der Waals surface area contributed by atoms with E-state index in [4.69, 9.17) is 16.3 Å². The summed E-state index contributed by atoms with van der Waals surface area (Å²) in [5, 5.41) is 12.2. The number of nitrogens with one attached hydrogen (secondary N) is 1. The molecule has 0 aromatic heterocycles. The third-order valence-electron chi connectivity index (χ3n) is 3.31. The van der Waals surface area contributed by atoms with E-state index in [0.29, 0.717) is 26.1 Å². The van der Waals surface area contributed by atoms with Crippen molar-refractivity contribution in [2.45, 2.75) is 18.4 Å². The van der Waals surface area contributed by atoms with Crippen LogP contribution in [0.15, 0.2) is 18.2 Å². The number of aliphatic hydroxyl groups excluding tert-OH is 1. The number of hydrogen-bond acceptors (Lipinski definition) is 3. The van der Waals surface area contributed by atoms with Gasteiger partial charge in [-0.05, 0) is 31.0 Å². The van der Waals surface area contributed by atoms with Crippen molar-refractivity contribution in [1.82, 2.24) is 5.32 Å². The van der Waals surface area contributed by atoms with Gasteiger partial charge in [-0.1, -0.05) is 11.6 Å². The minimum Gasteiger partial charge on any atom is -0.394 e. The molecule has 0 radical (unpaired) electrons. The highest BCUT2D eigenvalue weighted by Crippen LogP contribution is 2.22. The van der Waals surface area contributed by atoms with Crippen molar-refractivity contribution in [2.75, 3.05) is 19.8 Å². The second-order valence-corrected chi connectivity index (χ2v) is 5.04. The third kappa shape index (κ3) is 3.23. The molecule has 104 valence electrons. The number of ether oxygens (including phenoxy) is 1. The van der Waals surface area contributed by atoms with E-state index in [1.807, 2.05) is 0 Å². The van der Waals surface area contributed by atoms with Crippen LogP contribution in [0.4, 0.5) is 4.39 Å². The molecular formula is C13H15ClFNO3. The van der Waals surface area contributed by atoms with E-state index in [0.717, 1.165) is 6.07 Å². The predicted octanol–water partition coefficient (Wildman–Crippen LogP) is 1.75. The van der Waals surface area contributed by atoms with Gasteiger partial charge < -0.3 is 15.2 Å². The summed E-state index contributed by atoms with van der Waals surface area (Å²) < 4.78 is 18.3. The minimum atomic E-state index is -0.670. The zero-order valence-electron chi connectivity index (χ0n) is 10.3. The zero-order valence-corrected chi connectivity index (χ0v) is 11.0. The largest absolute Gasteiger partial charge is 0.394 e. The Balaban J connectivity index is 2.12. The van der Waals surface area contributed by atoms with E-state index < -0.39 is 11.4 Å². The second-order valence-electron chi connectivity index (χ2n) is 4.63. The third-order valence-corrected chi connectivity index (χ3v) is 3.60. The molecule has 19 heavy (non-hydrogen) atoms. The van der Waals surface area contributed by atoms with Gasteiger partial charge in [-0.3, -0.25) is 4.79 Å². The van der Waals surface area contributed by atoms with Crippen LogP contribution in [0, 0.1) is 5.82 Å². The lowest BCUT2D eigenvalue weighted by Gasteiger charge is -2.36. The van der Waals surface area contributed by atoms with Crippen molar-refractivity contribution in [1.29, 1.82) is 0 Å². The van der Waals surface area contributed by atoms with Crippen LogP contribution in [0.5, 0.6) is 0 Å². The molecule has 0 saturated carbocycles.